The molecule has 2 aromatic carbocycles. The van der Waals surface area contributed by atoms with E-state index in [9.17, 15) is 17.6 Å². The second-order valence-corrected chi connectivity index (χ2v) is 5.55. The van der Waals surface area contributed by atoms with Gasteiger partial charge in [-0.05, 0) is 26.0 Å². The topological polar surface area (TPSA) is 42.2 Å². The summed E-state index contributed by atoms with van der Waals surface area (Å²) in [6, 6.07) is 9.49. The minimum atomic E-state index is -1.55. The molecule has 0 saturated heterocycles. The molecule has 3 rings (SSSR count). The highest BCUT2D eigenvalue weighted by molar-refractivity contribution is 5.83. The smallest absolute Gasteiger partial charge is 0.186 e. The molecule has 0 aliphatic rings. The number of aromatic nitrogens is 2. The van der Waals surface area contributed by atoms with Crippen molar-refractivity contribution in [3.05, 3.63) is 76.6 Å². The Labute approximate surface area is 146 Å². The van der Waals surface area contributed by atoms with Gasteiger partial charge in [-0.3, -0.25) is 5.43 Å². The summed E-state index contributed by atoms with van der Waals surface area (Å²) in [5.74, 6) is -6.11. The monoisotopic (exact) mass is 362 g/mol. The molecule has 26 heavy (non-hydrogen) atoms. The molecule has 1 N–H and O–H groups in total. The van der Waals surface area contributed by atoms with E-state index in [0.717, 1.165) is 11.4 Å². The van der Waals surface area contributed by atoms with Crippen molar-refractivity contribution in [1.29, 1.82) is 0 Å². The maximum atomic E-state index is 13.6. The SMILES string of the molecule is Cc1nn(-c2ccccc2)c(C)c1/C=N/Nc1c(F)c(F)cc(F)c1F. The summed E-state index contributed by atoms with van der Waals surface area (Å²) < 4.78 is 55.3. The number of para-hydroxylation sites is 1. The fraction of sp³-hybridized carbons (Fsp3) is 0.111. The predicted octanol–water partition coefficient (Wildman–Crippen LogP) is 4.49. The van der Waals surface area contributed by atoms with Gasteiger partial charge in [-0.15, -0.1) is 0 Å². The number of halogens is 4. The number of hydrogen-bond acceptors (Lipinski definition) is 3. The van der Waals surface area contributed by atoms with Crippen molar-refractivity contribution in [1.82, 2.24) is 9.78 Å². The molecule has 0 aliphatic carbocycles. The first-order valence-corrected chi connectivity index (χ1v) is 7.64. The molecule has 1 heterocycles. The van der Waals surface area contributed by atoms with Crippen molar-refractivity contribution in [2.24, 2.45) is 5.10 Å². The number of nitrogens with zero attached hydrogens (tertiary/aromatic N) is 3. The molecule has 8 heteroatoms. The van der Waals surface area contributed by atoms with Crippen molar-refractivity contribution in [3.63, 3.8) is 0 Å². The number of nitrogens with one attached hydrogen (secondary N) is 1. The molecule has 134 valence electrons. The maximum absolute atomic E-state index is 13.6. The molecular formula is C18H14F4N4. The van der Waals surface area contributed by atoms with Gasteiger partial charge in [0.05, 0.1) is 23.3 Å². The third-order valence-electron chi connectivity index (χ3n) is 3.83. The predicted molar refractivity (Wildman–Crippen MR) is 90.5 cm³/mol. The lowest BCUT2D eigenvalue weighted by Gasteiger charge is -2.06. The third-order valence-corrected chi connectivity index (χ3v) is 3.83. The Morgan fingerprint density at radius 2 is 1.62 bits per heavy atom. The van der Waals surface area contributed by atoms with E-state index in [1.54, 1.807) is 18.5 Å². The Morgan fingerprint density at radius 1 is 1.00 bits per heavy atom. The second kappa shape index (κ2) is 6.99. The van der Waals surface area contributed by atoms with Crippen molar-refractivity contribution >= 4 is 11.9 Å². The summed E-state index contributed by atoms with van der Waals surface area (Å²) in [4.78, 5) is 0. The highest BCUT2D eigenvalue weighted by Crippen LogP contribution is 2.24. The van der Waals surface area contributed by atoms with Crippen LogP contribution in [0.5, 0.6) is 0 Å². The van der Waals surface area contributed by atoms with Gasteiger partial charge in [-0.25, -0.2) is 22.2 Å². The summed E-state index contributed by atoms with van der Waals surface area (Å²) in [6.45, 7) is 3.55. The summed E-state index contributed by atoms with van der Waals surface area (Å²) in [5, 5.41) is 8.10. The molecule has 0 radical (unpaired) electrons. The van der Waals surface area contributed by atoms with E-state index in [4.69, 9.17) is 0 Å². The zero-order valence-corrected chi connectivity index (χ0v) is 13.9. The van der Waals surface area contributed by atoms with Gasteiger partial charge < -0.3 is 0 Å². The summed E-state index contributed by atoms with van der Waals surface area (Å²) in [6.07, 6.45) is 1.29. The molecule has 0 unspecified atom stereocenters. The van der Waals surface area contributed by atoms with Gasteiger partial charge in [0.15, 0.2) is 23.3 Å². The molecule has 4 nitrogen and oxygen atoms in total. The lowest BCUT2D eigenvalue weighted by atomic mass is 10.2. The standard InChI is InChI=1S/C18H14F4N4/c1-10-13(11(2)26(25-10)12-6-4-3-5-7-12)9-23-24-18-16(21)14(19)8-15(20)17(18)22/h3-9,24H,1-2H3/b23-9+. The van der Waals surface area contributed by atoms with Gasteiger partial charge in [0, 0.05) is 11.6 Å². The van der Waals surface area contributed by atoms with E-state index < -0.39 is 29.0 Å². The molecule has 0 saturated carbocycles. The van der Waals surface area contributed by atoms with Gasteiger partial charge >= 0.3 is 0 Å². The van der Waals surface area contributed by atoms with Gasteiger partial charge in [0.2, 0.25) is 0 Å². The van der Waals surface area contributed by atoms with Crippen LogP contribution in [0.2, 0.25) is 0 Å². The average molecular weight is 362 g/mol. The molecule has 0 fully saturated rings. The van der Waals surface area contributed by atoms with Crippen LogP contribution in [0.25, 0.3) is 5.69 Å². The normalized spacial score (nSPS) is 11.3. The number of hydrazone groups is 1. The molecule has 3 aromatic rings. The van der Waals surface area contributed by atoms with Crippen LogP contribution in [0.1, 0.15) is 17.0 Å². The zero-order chi connectivity index (χ0) is 18.8. The first-order valence-electron chi connectivity index (χ1n) is 7.64. The quantitative estimate of drug-likeness (QED) is 0.322. The Bertz CT molecular complexity index is 955. The van der Waals surface area contributed by atoms with E-state index in [-0.39, 0.29) is 6.07 Å². The minimum Gasteiger partial charge on any atom is -0.272 e. The average Bonchev–Trinajstić information content (AvgIpc) is 2.91. The lowest BCUT2D eigenvalue weighted by Crippen LogP contribution is -2.03. The van der Waals surface area contributed by atoms with Gasteiger partial charge in [-0.2, -0.15) is 10.2 Å². The molecule has 1 aromatic heterocycles. The first kappa shape index (κ1) is 17.7. The van der Waals surface area contributed by atoms with Crippen LogP contribution in [0.4, 0.5) is 23.2 Å². The zero-order valence-electron chi connectivity index (χ0n) is 13.9. The summed E-state index contributed by atoms with van der Waals surface area (Å²) in [7, 11) is 0. The number of benzene rings is 2. The highest BCUT2D eigenvalue weighted by Gasteiger charge is 2.19. The van der Waals surface area contributed by atoms with E-state index >= 15 is 0 Å². The van der Waals surface area contributed by atoms with Crippen LogP contribution in [0, 0.1) is 37.1 Å². The largest absolute Gasteiger partial charge is 0.272 e. The van der Waals surface area contributed by atoms with Crippen molar-refractivity contribution in [2.45, 2.75) is 13.8 Å². The maximum Gasteiger partial charge on any atom is 0.186 e. The molecular weight excluding hydrogens is 348 g/mol. The van der Waals surface area contributed by atoms with Gasteiger partial charge in [-0.1, -0.05) is 18.2 Å². The lowest BCUT2D eigenvalue weighted by molar-refractivity contribution is 0.458. The fourth-order valence-corrected chi connectivity index (χ4v) is 2.49. The van der Waals surface area contributed by atoms with Gasteiger partial charge in [0.25, 0.3) is 0 Å². The van der Waals surface area contributed by atoms with Crippen LogP contribution >= 0.6 is 0 Å². The van der Waals surface area contributed by atoms with Crippen LogP contribution < -0.4 is 5.43 Å². The number of anilines is 1. The second-order valence-electron chi connectivity index (χ2n) is 5.55. The van der Waals surface area contributed by atoms with Crippen molar-refractivity contribution < 1.29 is 17.6 Å². The highest BCUT2D eigenvalue weighted by atomic mass is 19.2. The Kier molecular flexibility index (Phi) is 4.75. The van der Waals surface area contributed by atoms with E-state index in [0.29, 0.717) is 11.3 Å². The van der Waals surface area contributed by atoms with Crippen molar-refractivity contribution in [2.75, 3.05) is 5.43 Å². The molecule has 0 atom stereocenters. The van der Waals surface area contributed by atoms with Crippen LogP contribution in [-0.4, -0.2) is 16.0 Å². The molecule has 0 spiro atoms. The Morgan fingerprint density at radius 3 is 2.23 bits per heavy atom. The fourth-order valence-electron chi connectivity index (χ4n) is 2.49. The summed E-state index contributed by atoms with van der Waals surface area (Å²) >= 11 is 0. The van der Waals surface area contributed by atoms with E-state index in [1.165, 1.54) is 6.21 Å². The van der Waals surface area contributed by atoms with E-state index in [1.807, 2.05) is 35.8 Å². The minimum absolute atomic E-state index is 0.137. The molecule has 0 amide bonds. The van der Waals surface area contributed by atoms with Crippen LogP contribution in [-0.2, 0) is 0 Å². The first-order chi connectivity index (χ1) is 12.4. The molecule has 0 bridgehead atoms. The van der Waals surface area contributed by atoms with Crippen LogP contribution in [0.15, 0.2) is 41.5 Å². The Hall–Kier alpha value is -3.16. The number of aryl methyl sites for hydroxylation is 1. The van der Waals surface area contributed by atoms with Crippen molar-refractivity contribution in [3.8, 4) is 5.69 Å². The summed E-state index contributed by atoms with van der Waals surface area (Å²) in [5.41, 5.74) is 3.84. The third kappa shape index (κ3) is 3.17. The van der Waals surface area contributed by atoms with Crippen LogP contribution in [0.3, 0.4) is 0 Å². The number of rotatable bonds is 4. The Balaban J connectivity index is 1.90. The molecule has 0 aliphatic heterocycles. The van der Waals surface area contributed by atoms with E-state index in [2.05, 4.69) is 10.2 Å². The number of hydrogen-bond donors (Lipinski definition) is 1. The van der Waals surface area contributed by atoms with Gasteiger partial charge in [0.1, 0.15) is 5.69 Å².